The molecule has 1 saturated carbocycles. The zero-order valence-corrected chi connectivity index (χ0v) is 9.81. The zero-order chi connectivity index (χ0) is 12.0. The maximum Gasteiger partial charge on any atom is 0.150 e. The Morgan fingerprint density at radius 1 is 1.24 bits per heavy atom. The summed E-state index contributed by atoms with van der Waals surface area (Å²) in [6, 6.07) is 14.5. The van der Waals surface area contributed by atoms with Gasteiger partial charge in [-0.3, -0.25) is 4.79 Å². The lowest BCUT2D eigenvalue weighted by molar-refractivity contribution is -0.119. The Hall–Kier alpha value is -1.67. The molecule has 0 spiro atoms. The summed E-state index contributed by atoms with van der Waals surface area (Å²) < 4.78 is 0. The van der Waals surface area contributed by atoms with Crippen LogP contribution in [0.25, 0.3) is 10.8 Å². The van der Waals surface area contributed by atoms with Crippen molar-refractivity contribution in [2.24, 2.45) is 5.73 Å². The Balaban J connectivity index is 2.12. The summed E-state index contributed by atoms with van der Waals surface area (Å²) in [7, 11) is 0. The quantitative estimate of drug-likeness (QED) is 0.853. The fourth-order valence-electron chi connectivity index (χ4n) is 2.61. The van der Waals surface area contributed by atoms with E-state index in [1.54, 1.807) is 6.92 Å². The Morgan fingerprint density at radius 3 is 2.65 bits per heavy atom. The third-order valence-electron chi connectivity index (χ3n) is 3.86. The first-order chi connectivity index (χ1) is 8.13. The molecule has 3 rings (SSSR count). The van der Waals surface area contributed by atoms with Crippen LogP contribution in [0, 0.1) is 0 Å². The molecule has 2 nitrogen and oxygen atoms in total. The van der Waals surface area contributed by atoms with Crippen molar-refractivity contribution < 1.29 is 4.79 Å². The van der Waals surface area contributed by atoms with E-state index in [-0.39, 0.29) is 11.7 Å². The normalized spacial score (nSPS) is 27.1. The van der Waals surface area contributed by atoms with E-state index in [2.05, 4.69) is 24.3 Å². The lowest BCUT2D eigenvalue weighted by Crippen LogP contribution is -2.32. The van der Waals surface area contributed by atoms with Gasteiger partial charge in [-0.2, -0.15) is 0 Å². The van der Waals surface area contributed by atoms with Crippen molar-refractivity contribution in [3.05, 3.63) is 48.0 Å². The van der Waals surface area contributed by atoms with Gasteiger partial charge in [0.05, 0.1) is 5.54 Å². The number of carbonyl (C=O) groups is 1. The molecule has 0 heterocycles. The average Bonchev–Trinajstić information content (AvgIpc) is 3.02. The molecule has 86 valence electrons. The molecule has 1 aliphatic carbocycles. The van der Waals surface area contributed by atoms with E-state index in [0.29, 0.717) is 0 Å². The summed E-state index contributed by atoms with van der Waals surface area (Å²) in [5, 5.41) is 2.43. The SMILES string of the molecule is CC(=O)C1(N)C[C@H]1c1cccc2ccccc12. The summed E-state index contributed by atoms with van der Waals surface area (Å²) >= 11 is 0. The summed E-state index contributed by atoms with van der Waals surface area (Å²) in [6.07, 6.45) is 0.774. The van der Waals surface area contributed by atoms with Crippen molar-refractivity contribution in [1.29, 1.82) is 0 Å². The molecule has 1 fully saturated rings. The maximum atomic E-state index is 11.5. The van der Waals surface area contributed by atoms with Gasteiger partial charge < -0.3 is 5.73 Å². The Kier molecular flexibility index (Phi) is 2.10. The predicted molar refractivity (Wildman–Crippen MR) is 68.9 cm³/mol. The van der Waals surface area contributed by atoms with Gasteiger partial charge in [0.25, 0.3) is 0 Å². The topological polar surface area (TPSA) is 43.1 Å². The van der Waals surface area contributed by atoms with Crippen molar-refractivity contribution >= 4 is 16.6 Å². The number of rotatable bonds is 2. The molecular formula is C15H15NO. The van der Waals surface area contributed by atoms with Crippen molar-refractivity contribution in [3.8, 4) is 0 Å². The van der Waals surface area contributed by atoms with Crippen molar-refractivity contribution in [2.45, 2.75) is 24.8 Å². The van der Waals surface area contributed by atoms with E-state index in [4.69, 9.17) is 5.73 Å². The van der Waals surface area contributed by atoms with Gasteiger partial charge in [-0.25, -0.2) is 0 Å². The molecule has 1 aliphatic rings. The van der Waals surface area contributed by atoms with E-state index in [1.807, 2.05) is 18.2 Å². The standard InChI is InChI=1S/C15H15NO/c1-10(17)15(16)9-14(15)13-8-4-6-11-5-2-3-7-12(11)13/h2-8,14H,9,16H2,1H3/t14-,15?/m0/s1. The number of hydrogen-bond acceptors (Lipinski definition) is 2. The minimum Gasteiger partial charge on any atom is -0.318 e. The van der Waals surface area contributed by atoms with Gasteiger partial charge in [0.1, 0.15) is 5.78 Å². The second-order valence-corrected chi connectivity index (χ2v) is 4.92. The van der Waals surface area contributed by atoms with Crippen LogP contribution >= 0.6 is 0 Å². The molecule has 0 radical (unpaired) electrons. The van der Waals surface area contributed by atoms with E-state index in [0.717, 1.165) is 6.42 Å². The van der Waals surface area contributed by atoms with Gasteiger partial charge >= 0.3 is 0 Å². The van der Waals surface area contributed by atoms with E-state index < -0.39 is 5.54 Å². The summed E-state index contributed by atoms with van der Waals surface area (Å²) in [6.45, 7) is 1.59. The van der Waals surface area contributed by atoms with Crippen LogP contribution in [0.15, 0.2) is 42.5 Å². The Labute approximate surface area is 100 Å². The molecule has 2 atom stereocenters. The van der Waals surface area contributed by atoms with Crippen LogP contribution in [0.4, 0.5) is 0 Å². The number of nitrogens with two attached hydrogens (primary N) is 1. The van der Waals surface area contributed by atoms with Gasteiger partial charge in [-0.1, -0.05) is 42.5 Å². The van der Waals surface area contributed by atoms with Crippen molar-refractivity contribution in [1.82, 2.24) is 0 Å². The third-order valence-corrected chi connectivity index (χ3v) is 3.86. The Bertz CT molecular complexity index is 599. The highest BCUT2D eigenvalue weighted by atomic mass is 16.1. The van der Waals surface area contributed by atoms with E-state index >= 15 is 0 Å². The first-order valence-corrected chi connectivity index (χ1v) is 5.90. The molecule has 0 aliphatic heterocycles. The number of carbonyl (C=O) groups excluding carboxylic acids is 1. The monoisotopic (exact) mass is 225 g/mol. The number of benzene rings is 2. The van der Waals surface area contributed by atoms with Crippen LogP contribution < -0.4 is 5.73 Å². The summed E-state index contributed by atoms with van der Waals surface area (Å²) in [5.74, 6) is 0.279. The second kappa shape index (κ2) is 3.41. The largest absolute Gasteiger partial charge is 0.318 e. The van der Waals surface area contributed by atoms with Gasteiger partial charge in [-0.05, 0) is 29.7 Å². The zero-order valence-electron chi connectivity index (χ0n) is 9.81. The molecule has 0 saturated heterocycles. The molecule has 2 aromatic rings. The summed E-state index contributed by atoms with van der Waals surface area (Å²) in [4.78, 5) is 11.5. The average molecular weight is 225 g/mol. The van der Waals surface area contributed by atoms with Crippen LogP contribution in [0.3, 0.4) is 0 Å². The van der Waals surface area contributed by atoms with E-state index in [1.165, 1.54) is 16.3 Å². The molecular weight excluding hydrogens is 210 g/mol. The molecule has 17 heavy (non-hydrogen) atoms. The predicted octanol–water partition coefficient (Wildman–Crippen LogP) is 2.61. The fourth-order valence-corrected chi connectivity index (χ4v) is 2.61. The molecule has 2 heteroatoms. The van der Waals surface area contributed by atoms with Crippen molar-refractivity contribution in [2.75, 3.05) is 0 Å². The van der Waals surface area contributed by atoms with Gasteiger partial charge in [-0.15, -0.1) is 0 Å². The minimum atomic E-state index is -0.621. The Morgan fingerprint density at radius 2 is 1.94 bits per heavy atom. The van der Waals surface area contributed by atoms with E-state index in [9.17, 15) is 4.79 Å². The molecule has 0 aromatic heterocycles. The number of fused-ring (bicyclic) bond motifs is 1. The number of ketones is 1. The molecule has 2 aromatic carbocycles. The minimum absolute atomic E-state index is 0.0930. The molecule has 0 amide bonds. The van der Waals surface area contributed by atoms with Gasteiger partial charge in [0.2, 0.25) is 0 Å². The lowest BCUT2D eigenvalue weighted by atomic mass is 9.98. The highest BCUT2D eigenvalue weighted by molar-refractivity contribution is 5.94. The molecule has 2 N–H and O–H groups in total. The maximum absolute atomic E-state index is 11.5. The molecule has 0 bridgehead atoms. The summed E-state index contributed by atoms with van der Waals surface area (Å²) in [5.41, 5.74) is 6.70. The van der Waals surface area contributed by atoms with Crippen LogP contribution in [0.5, 0.6) is 0 Å². The van der Waals surface area contributed by atoms with Crippen LogP contribution in [0.2, 0.25) is 0 Å². The fraction of sp³-hybridized carbons (Fsp3) is 0.267. The second-order valence-electron chi connectivity index (χ2n) is 4.92. The first-order valence-electron chi connectivity index (χ1n) is 5.90. The molecule has 1 unspecified atom stereocenters. The number of Topliss-reactive ketones (excluding diaryl/α,β-unsaturated/α-hetero) is 1. The number of hydrogen-bond donors (Lipinski definition) is 1. The first kappa shape index (κ1) is 10.5. The van der Waals surface area contributed by atoms with Gasteiger partial charge in [0.15, 0.2) is 0 Å². The van der Waals surface area contributed by atoms with Crippen molar-refractivity contribution in [3.63, 3.8) is 0 Å². The third kappa shape index (κ3) is 1.48. The lowest BCUT2D eigenvalue weighted by Gasteiger charge is -2.09. The van der Waals surface area contributed by atoms with Crippen LogP contribution in [-0.2, 0) is 4.79 Å². The van der Waals surface area contributed by atoms with Crippen LogP contribution in [0.1, 0.15) is 24.8 Å². The smallest absolute Gasteiger partial charge is 0.150 e. The highest BCUT2D eigenvalue weighted by Gasteiger charge is 2.55. The highest BCUT2D eigenvalue weighted by Crippen LogP contribution is 2.51. The van der Waals surface area contributed by atoms with Gasteiger partial charge in [0, 0.05) is 5.92 Å². The van der Waals surface area contributed by atoms with Crippen LogP contribution in [-0.4, -0.2) is 11.3 Å².